The van der Waals surface area contributed by atoms with Crippen molar-refractivity contribution in [2.75, 3.05) is 35.9 Å². The Bertz CT molecular complexity index is 839. The normalized spacial score (nSPS) is 15.3. The zero-order valence-electron chi connectivity index (χ0n) is 12.7. The average Bonchev–Trinajstić information content (AvgIpc) is 2.55. The van der Waals surface area contributed by atoms with Gasteiger partial charge in [0, 0.05) is 17.6 Å². The maximum Gasteiger partial charge on any atom is 0.263 e. The molecular formula is C16H16BrClN2O3S. The number of benzene rings is 2. The van der Waals surface area contributed by atoms with Crippen LogP contribution in [0, 0.1) is 0 Å². The number of nitrogens with one attached hydrogen (secondary N) is 1. The molecule has 0 unspecified atom stereocenters. The van der Waals surface area contributed by atoms with Crippen molar-refractivity contribution in [2.24, 2.45) is 0 Å². The summed E-state index contributed by atoms with van der Waals surface area (Å²) in [6.45, 7) is 2.49. The first-order valence-corrected chi connectivity index (χ1v) is 10.0. The van der Waals surface area contributed by atoms with Gasteiger partial charge in [-0.3, -0.25) is 4.72 Å². The monoisotopic (exact) mass is 430 g/mol. The predicted octanol–water partition coefficient (Wildman–Crippen LogP) is 3.74. The first-order valence-electron chi connectivity index (χ1n) is 7.37. The molecule has 3 rings (SSSR count). The molecule has 1 saturated heterocycles. The van der Waals surface area contributed by atoms with Crippen molar-refractivity contribution in [3.05, 3.63) is 52.0 Å². The Balaban J connectivity index is 1.98. The summed E-state index contributed by atoms with van der Waals surface area (Å²) in [5, 5.41) is 0.504. The maximum absolute atomic E-state index is 12.7. The number of anilines is 2. The molecule has 2 aromatic rings. The standard InChI is InChI=1S/C16H16BrClN2O3S/c17-12-4-1-2-7-15(12)24(21,22)19-14-6-3-5-13(18)16(14)20-8-10-23-11-9-20/h1-7,19H,8-11H2. The number of nitrogens with zero attached hydrogens (tertiary/aromatic N) is 1. The van der Waals surface area contributed by atoms with Gasteiger partial charge in [-0.25, -0.2) is 8.42 Å². The summed E-state index contributed by atoms with van der Waals surface area (Å²) in [7, 11) is -3.74. The number of ether oxygens (including phenoxy) is 1. The largest absolute Gasteiger partial charge is 0.378 e. The highest BCUT2D eigenvalue weighted by molar-refractivity contribution is 9.10. The molecule has 8 heteroatoms. The quantitative estimate of drug-likeness (QED) is 0.801. The van der Waals surface area contributed by atoms with Crippen LogP contribution in [0.1, 0.15) is 0 Å². The van der Waals surface area contributed by atoms with Crippen molar-refractivity contribution in [2.45, 2.75) is 4.90 Å². The van der Waals surface area contributed by atoms with E-state index in [1.165, 1.54) is 0 Å². The SMILES string of the molecule is O=S(=O)(Nc1cccc(Cl)c1N1CCOCC1)c1ccccc1Br. The molecule has 0 bridgehead atoms. The second kappa shape index (κ2) is 7.31. The van der Waals surface area contributed by atoms with Crippen molar-refractivity contribution in [1.82, 2.24) is 0 Å². The Morgan fingerprint density at radius 2 is 1.79 bits per heavy atom. The van der Waals surface area contributed by atoms with E-state index in [-0.39, 0.29) is 4.90 Å². The lowest BCUT2D eigenvalue weighted by molar-refractivity contribution is 0.123. The van der Waals surface area contributed by atoms with E-state index in [1.54, 1.807) is 42.5 Å². The van der Waals surface area contributed by atoms with E-state index >= 15 is 0 Å². The van der Waals surface area contributed by atoms with Crippen LogP contribution in [0.25, 0.3) is 0 Å². The summed E-state index contributed by atoms with van der Waals surface area (Å²) < 4.78 is 34.0. The zero-order valence-corrected chi connectivity index (χ0v) is 15.9. The average molecular weight is 432 g/mol. The molecule has 0 aliphatic carbocycles. The van der Waals surface area contributed by atoms with E-state index in [2.05, 4.69) is 20.7 Å². The third kappa shape index (κ3) is 3.69. The van der Waals surface area contributed by atoms with Crippen LogP contribution in [0.15, 0.2) is 51.8 Å². The lowest BCUT2D eigenvalue weighted by atomic mass is 10.2. The summed E-state index contributed by atoms with van der Waals surface area (Å²) in [6, 6.07) is 11.9. The van der Waals surface area contributed by atoms with Gasteiger partial charge < -0.3 is 9.64 Å². The van der Waals surface area contributed by atoms with Gasteiger partial charge in [0.25, 0.3) is 10.0 Å². The highest BCUT2D eigenvalue weighted by atomic mass is 79.9. The Hall–Kier alpha value is -1.28. The van der Waals surface area contributed by atoms with Crippen LogP contribution < -0.4 is 9.62 Å². The summed E-state index contributed by atoms with van der Waals surface area (Å²) in [5.41, 5.74) is 1.14. The lowest BCUT2D eigenvalue weighted by Gasteiger charge is -2.31. The fraction of sp³-hybridized carbons (Fsp3) is 0.250. The van der Waals surface area contributed by atoms with Crippen molar-refractivity contribution in [3.63, 3.8) is 0 Å². The Morgan fingerprint density at radius 3 is 2.50 bits per heavy atom. The molecule has 0 spiro atoms. The van der Waals surface area contributed by atoms with E-state index in [0.717, 1.165) is 0 Å². The fourth-order valence-electron chi connectivity index (χ4n) is 2.57. The first-order chi connectivity index (χ1) is 11.5. The fourth-order valence-corrected chi connectivity index (χ4v) is 4.93. The van der Waals surface area contributed by atoms with Crippen molar-refractivity contribution < 1.29 is 13.2 Å². The molecular weight excluding hydrogens is 416 g/mol. The number of sulfonamides is 1. The Kier molecular flexibility index (Phi) is 5.34. The molecule has 1 N–H and O–H groups in total. The topological polar surface area (TPSA) is 58.6 Å². The van der Waals surface area contributed by atoms with Gasteiger partial charge in [-0.15, -0.1) is 0 Å². The second-order valence-electron chi connectivity index (χ2n) is 5.27. The highest BCUT2D eigenvalue weighted by Gasteiger charge is 2.23. The van der Waals surface area contributed by atoms with Gasteiger partial charge in [-0.2, -0.15) is 0 Å². The van der Waals surface area contributed by atoms with E-state index in [0.29, 0.717) is 47.2 Å². The smallest absolute Gasteiger partial charge is 0.263 e. The van der Waals surface area contributed by atoms with Gasteiger partial charge in [0.05, 0.1) is 29.6 Å². The van der Waals surface area contributed by atoms with Crippen molar-refractivity contribution in [1.29, 1.82) is 0 Å². The molecule has 0 radical (unpaired) electrons. The summed E-state index contributed by atoms with van der Waals surface area (Å²) in [6.07, 6.45) is 0. The zero-order chi connectivity index (χ0) is 17.2. The molecule has 24 heavy (non-hydrogen) atoms. The molecule has 0 saturated carbocycles. The number of para-hydroxylation sites is 1. The minimum absolute atomic E-state index is 0.179. The molecule has 1 aliphatic heterocycles. The molecule has 1 fully saturated rings. The molecule has 128 valence electrons. The number of rotatable bonds is 4. The molecule has 0 amide bonds. The number of morpholine rings is 1. The minimum atomic E-state index is -3.74. The second-order valence-corrected chi connectivity index (χ2v) is 8.18. The Labute approximate surface area is 154 Å². The highest BCUT2D eigenvalue weighted by Crippen LogP contribution is 2.36. The lowest BCUT2D eigenvalue weighted by Crippen LogP contribution is -2.37. The molecule has 0 aromatic heterocycles. The number of halogens is 2. The van der Waals surface area contributed by atoms with Gasteiger partial charge in [-0.05, 0) is 40.2 Å². The van der Waals surface area contributed by atoms with Crippen LogP contribution in [0.4, 0.5) is 11.4 Å². The third-order valence-electron chi connectivity index (χ3n) is 3.68. The van der Waals surface area contributed by atoms with E-state index in [4.69, 9.17) is 16.3 Å². The number of hydrogen-bond acceptors (Lipinski definition) is 4. The molecule has 1 aliphatic rings. The van der Waals surface area contributed by atoms with Gasteiger partial charge >= 0.3 is 0 Å². The van der Waals surface area contributed by atoms with Gasteiger partial charge in [-0.1, -0.05) is 29.8 Å². The third-order valence-corrected chi connectivity index (χ3v) is 6.37. The van der Waals surface area contributed by atoms with Crippen LogP contribution in [-0.4, -0.2) is 34.7 Å². The van der Waals surface area contributed by atoms with Crippen molar-refractivity contribution in [3.8, 4) is 0 Å². The summed E-state index contributed by atoms with van der Waals surface area (Å²) in [5.74, 6) is 0. The Morgan fingerprint density at radius 1 is 1.08 bits per heavy atom. The van der Waals surface area contributed by atoms with Gasteiger partial charge in [0.1, 0.15) is 4.90 Å². The first kappa shape index (κ1) is 17.5. The molecule has 2 aromatic carbocycles. The maximum atomic E-state index is 12.7. The van der Waals surface area contributed by atoms with E-state index in [1.807, 2.05) is 4.90 Å². The van der Waals surface area contributed by atoms with E-state index < -0.39 is 10.0 Å². The van der Waals surface area contributed by atoms with Crippen LogP contribution in [0.3, 0.4) is 0 Å². The van der Waals surface area contributed by atoms with Crippen LogP contribution >= 0.6 is 27.5 Å². The minimum Gasteiger partial charge on any atom is -0.378 e. The molecule has 1 heterocycles. The van der Waals surface area contributed by atoms with Crippen LogP contribution in [-0.2, 0) is 14.8 Å². The van der Waals surface area contributed by atoms with E-state index in [9.17, 15) is 8.42 Å². The van der Waals surface area contributed by atoms with Gasteiger partial charge in [0.15, 0.2) is 0 Å². The van der Waals surface area contributed by atoms with Crippen LogP contribution in [0.2, 0.25) is 5.02 Å². The number of hydrogen-bond donors (Lipinski definition) is 1. The predicted molar refractivity (Wildman–Crippen MR) is 99.4 cm³/mol. The molecule has 5 nitrogen and oxygen atoms in total. The van der Waals surface area contributed by atoms with Gasteiger partial charge in [0.2, 0.25) is 0 Å². The van der Waals surface area contributed by atoms with Crippen molar-refractivity contribution >= 4 is 48.9 Å². The summed E-state index contributed by atoms with van der Waals surface area (Å²) in [4.78, 5) is 2.21. The van der Waals surface area contributed by atoms with Crippen LogP contribution in [0.5, 0.6) is 0 Å². The summed E-state index contributed by atoms with van der Waals surface area (Å²) >= 11 is 9.63. The molecule has 0 atom stereocenters.